The van der Waals surface area contributed by atoms with E-state index in [1.807, 2.05) is 19.2 Å². The van der Waals surface area contributed by atoms with E-state index >= 15 is 0 Å². The number of hydrogen-bond donors (Lipinski definition) is 1. The highest BCUT2D eigenvalue weighted by atomic mass is 32.2. The highest BCUT2D eigenvalue weighted by Crippen LogP contribution is 2.21. The number of rotatable bonds is 4. The number of hydrogen-bond acceptors (Lipinski definition) is 3. The van der Waals surface area contributed by atoms with Crippen molar-refractivity contribution in [1.82, 2.24) is 0 Å². The van der Waals surface area contributed by atoms with Crippen molar-refractivity contribution in [3.8, 4) is 0 Å². The molecule has 24 heavy (non-hydrogen) atoms. The van der Waals surface area contributed by atoms with Crippen LogP contribution in [0.15, 0.2) is 53.4 Å². The average molecular weight is 345 g/mol. The Kier molecular flexibility index (Phi) is 5.29. The van der Waals surface area contributed by atoms with Crippen molar-refractivity contribution in [2.45, 2.75) is 18.2 Å². The lowest BCUT2D eigenvalue weighted by Crippen LogP contribution is -2.39. The van der Waals surface area contributed by atoms with Crippen LogP contribution in [0, 0.1) is 5.41 Å². The van der Waals surface area contributed by atoms with Crippen LogP contribution in [-0.2, 0) is 16.3 Å². The Morgan fingerprint density at radius 2 is 1.54 bits per heavy atom. The third kappa shape index (κ3) is 3.94. The number of nitrogens with one attached hydrogen (secondary N) is 1. The molecule has 0 bridgehead atoms. The Hall–Kier alpha value is -2.34. The molecule has 0 spiro atoms. The number of nitrogens with zero attached hydrogens (tertiary/aromatic N) is 2. The second kappa shape index (κ2) is 7.05. The molecule has 6 heteroatoms. The van der Waals surface area contributed by atoms with Gasteiger partial charge in [-0.25, -0.2) is 8.42 Å². The van der Waals surface area contributed by atoms with Gasteiger partial charge < -0.3 is 9.80 Å². The van der Waals surface area contributed by atoms with Gasteiger partial charge in [-0.05, 0) is 42.3 Å². The average Bonchev–Trinajstić information content (AvgIpc) is 2.59. The maximum absolute atomic E-state index is 11.7. The highest BCUT2D eigenvalue weighted by molar-refractivity contribution is 7.90. The van der Waals surface area contributed by atoms with Gasteiger partial charge in [-0.1, -0.05) is 25.1 Å². The maximum atomic E-state index is 11.7. The van der Waals surface area contributed by atoms with Crippen molar-refractivity contribution in [2.24, 2.45) is 0 Å². The molecule has 0 amide bonds. The summed E-state index contributed by atoms with van der Waals surface area (Å²) < 4.78 is 23.4. The molecular formula is C18H23N3O2S. The van der Waals surface area contributed by atoms with E-state index in [0.717, 1.165) is 12.1 Å². The Morgan fingerprint density at radius 1 is 1.00 bits per heavy atom. The van der Waals surface area contributed by atoms with Crippen molar-refractivity contribution in [3.63, 3.8) is 0 Å². The summed E-state index contributed by atoms with van der Waals surface area (Å²) in [5.74, 6) is 0.258. The molecule has 0 aliphatic rings. The van der Waals surface area contributed by atoms with Crippen LogP contribution in [0.3, 0.4) is 0 Å². The van der Waals surface area contributed by atoms with Gasteiger partial charge in [0.05, 0.1) is 4.90 Å². The van der Waals surface area contributed by atoms with Crippen LogP contribution < -0.4 is 9.80 Å². The fraction of sp³-hybridized carbons (Fsp3) is 0.278. The van der Waals surface area contributed by atoms with Gasteiger partial charge in [-0.3, -0.25) is 5.41 Å². The van der Waals surface area contributed by atoms with Gasteiger partial charge in [0, 0.05) is 31.7 Å². The number of benzene rings is 2. The molecule has 0 aliphatic heterocycles. The number of guanidine groups is 1. The van der Waals surface area contributed by atoms with Gasteiger partial charge in [-0.2, -0.15) is 0 Å². The predicted octanol–water partition coefficient (Wildman–Crippen LogP) is 3.16. The molecular weight excluding hydrogens is 322 g/mol. The summed E-state index contributed by atoms with van der Waals surface area (Å²) in [6.07, 6.45) is 2.11. The van der Waals surface area contributed by atoms with Crippen LogP contribution in [0.1, 0.15) is 12.5 Å². The first-order valence-electron chi connectivity index (χ1n) is 7.69. The zero-order valence-corrected chi connectivity index (χ0v) is 15.3. The number of aryl methyl sites for hydroxylation is 1. The minimum absolute atomic E-state index is 0.246. The highest BCUT2D eigenvalue weighted by Gasteiger charge is 2.16. The molecule has 0 heterocycles. The molecule has 0 saturated heterocycles. The lowest BCUT2D eigenvalue weighted by Gasteiger charge is -2.28. The second-order valence-corrected chi connectivity index (χ2v) is 7.75. The van der Waals surface area contributed by atoms with Gasteiger partial charge in [0.25, 0.3) is 0 Å². The van der Waals surface area contributed by atoms with Crippen LogP contribution in [-0.4, -0.2) is 34.7 Å². The molecule has 0 radical (unpaired) electrons. The van der Waals surface area contributed by atoms with Crippen molar-refractivity contribution >= 4 is 27.2 Å². The Labute approximate surface area is 144 Å². The van der Waals surface area contributed by atoms with Crippen molar-refractivity contribution in [1.29, 1.82) is 5.41 Å². The van der Waals surface area contributed by atoms with E-state index in [9.17, 15) is 8.42 Å². The third-order valence-electron chi connectivity index (χ3n) is 3.97. The van der Waals surface area contributed by atoms with Crippen LogP contribution in [0.4, 0.5) is 11.4 Å². The van der Waals surface area contributed by atoms with E-state index in [-0.39, 0.29) is 10.9 Å². The Balaban J connectivity index is 2.28. The molecule has 1 N–H and O–H groups in total. The molecule has 0 aromatic heterocycles. The monoisotopic (exact) mass is 345 g/mol. The first-order chi connectivity index (χ1) is 11.2. The van der Waals surface area contributed by atoms with Crippen LogP contribution in [0.2, 0.25) is 0 Å². The Bertz CT molecular complexity index is 847. The lowest BCUT2D eigenvalue weighted by atomic mass is 10.1. The maximum Gasteiger partial charge on any atom is 0.202 e. The fourth-order valence-electron chi connectivity index (χ4n) is 2.38. The van der Waals surface area contributed by atoms with Crippen LogP contribution in [0.25, 0.3) is 0 Å². The summed E-state index contributed by atoms with van der Waals surface area (Å²) in [6.45, 7) is 2.09. The quantitative estimate of drug-likeness (QED) is 0.683. The first kappa shape index (κ1) is 18.0. The molecule has 2 aromatic carbocycles. The molecule has 2 aromatic rings. The summed E-state index contributed by atoms with van der Waals surface area (Å²) in [7, 11) is 0.305. The topological polar surface area (TPSA) is 64.5 Å². The normalized spacial score (nSPS) is 11.2. The van der Waals surface area contributed by atoms with Gasteiger partial charge >= 0.3 is 0 Å². The van der Waals surface area contributed by atoms with Gasteiger partial charge in [-0.15, -0.1) is 0 Å². The predicted molar refractivity (Wildman–Crippen MR) is 99.9 cm³/mol. The summed E-state index contributed by atoms with van der Waals surface area (Å²) in [5.41, 5.74) is 2.78. The summed E-state index contributed by atoms with van der Waals surface area (Å²) in [6, 6.07) is 14.7. The molecule has 0 fully saturated rings. The summed E-state index contributed by atoms with van der Waals surface area (Å²) in [4.78, 5) is 3.68. The summed E-state index contributed by atoms with van der Waals surface area (Å²) >= 11 is 0. The van der Waals surface area contributed by atoms with Crippen molar-refractivity contribution < 1.29 is 8.42 Å². The third-order valence-corrected chi connectivity index (χ3v) is 5.08. The smallest absolute Gasteiger partial charge is 0.202 e. The number of anilines is 2. The molecule has 128 valence electrons. The van der Waals surface area contributed by atoms with Crippen LogP contribution in [0.5, 0.6) is 0 Å². The van der Waals surface area contributed by atoms with E-state index in [1.165, 1.54) is 11.8 Å². The molecule has 0 atom stereocenters. The van der Waals surface area contributed by atoms with Gasteiger partial charge in [0.2, 0.25) is 5.96 Å². The van der Waals surface area contributed by atoms with E-state index in [2.05, 4.69) is 19.1 Å². The van der Waals surface area contributed by atoms with Crippen molar-refractivity contribution in [2.75, 3.05) is 30.2 Å². The number of sulfone groups is 1. The van der Waals surface area contributed by atoms with E-state index < -0.39 is 9.84 Å². The Morgan fingerprint density at radius 3 is 2.08 bits per heavy atom. The van der Waals surface area contributed by atoms with Gasteiger partial charge in [0.15, 0.2) is 9.84 Å². The molecule has 0 saturated carbocycles. The SMILES string of the molecule is CCc1cccc(N(C)C(=N)N(C)c2cccc(S(C)(=O)=O)c2)c1. The van der Waals surface area contributed by atoms with Crippen LogP contribution >= 0.6 is 0 Å². The second-order valence-electron chi connectivity index (χ2n) is 5.73. The lowest BCUT2D eigenvalue weighted by molar-refractivity contribution is 0.602. The van der Waals surface area contributed by atoms with E-state index in [0.29, 0.717) is 5.69 Å². The van der Waals surface area contributed by atoms with E-state index in [1.54, 1.807) is 41.1 Å². The van der Waals surface area contributed by atoms with Crippen molar-refractivity contribution in [3.05, 3.63) is 54.1 Å². The van der Waals surface area contributed by atoms with E-state index in [4.69, 9.17) is 5.41 Å². The summed E-state index contributed by atoms with van der Waals surface area (Å²) in [5, 5.41) is 8.43. The zero-order chi connectivity index (χ0) is 17.9. The molecule has 5 nitrogen and oxygen atoms in total. The minimum Gasteiger partial charge on any atom is -0.316 e. The molecule has 0 unspecified atom stereocenters. The minimum atomic E-state index is -3.28. The standard InChI is InChI=1S/C18H23N3O2S/c1-5-14-8-6-9-15(12-14)20(2)18(19)21(3)16-10-7-11-17(13-16)24(4,22)23/h6-13,19H,5H2,1-4H3. The zero-order valence-electron chi connectivity index (χ0n) is 14.4. The molecule has 0 aliphatic carbocycles. The van der Waals surface area contributed by atoms with Gasteiger partial charge in [0.1, 0.15) is 0 Å². The molecule has 2 rings (SSSR count). The first-order valence-corrected chi connectivity index (χ1v) is 9.58. The largest absolute Gasteiger partial charge is 0.316 e. The fourth-order valence-corrected chi connectivity index (χ4v) is 3.04.